The number of hydrogen-bond donors (Lipinski definition) is 1. The molecule has 0 fully saturated rings. The standard InChI is InChI=1S/C12H19N3/c1-2-3-4-8-11-13-15-14-12-9-6-5-7-10-12/h5-7,9-10H,2-4,8,11H2,1H3,(H,13,14). The van der Waals surface area contributed by atoms with Gasteiger partial charge in [0.25, 0.3) is 0 Å². The molecule has 0 aromatic heterocycles. The molecule has 3 nitrogen and oxygen atoms in total. The molecule has 0 aliphatic heterocycles. The van der Waals surface area contributed by atoms with Gasteiger partial charge in [0, 0.05) is 0 Å². The lowest BCUT2D eigenvalue weighted by atomic mass is 10.2. The third-order valence-electron chi connectivity index (χ3n) is 2.14. The van der Waals surface area contributed by atoms with E-state index in [0.29, 0.717) is 0 Å². The van der Waals surface area contributed by atoms with Crippen LogP contribution in [0.4, 0.5) is 5.69 Å². The predicted molar refractivity (Wildman–Crippen MR) is 63.9 cm³/mol. The first-order valence-corrected chi connectivity index (χ1v) is 5.61. The second-order valence-electron chi connectivity index (χ2n) is 3.50. The van der Waals surface area contributed by atoms with Gasteiger partial charge in [-0.2, -0.15) is 5.11 Å². The fourth-order valence-corrected chi connectivity index (χ4v) is 1.27. The van der Waals surface area contributed by atoms with Gasteiger partial charge in [-0.25, -0.2) is 0 Å². The number of anilines is 1. The third kappa shape index (κ3) is 5.83. The van der Waals surface area contributed by atoms with Crippen molar-refractivity contribution in [3.8, 4) is 0 Å². The smallest absolute Gasteiger partial charge is 0.0620 e. The normalized spacial score (nSPS) is 10.7. The largest absolute Gasteiger partial charge is 0.260 e. The molecular formula is C12H19N3. The first-order valence-electron chi connectivity index (χ1n) is 5.61. The highest BCUT2D eigenvalue weighted by Gasteiger charge is 1.86. The van der Waals surface area contributed by atoms with Crippen molar-refractivity contribution in [3.63, 3.8) is 0 Å². The van der Waals surface area contributed by atoms with Crippen molar-refractivity contribution < 1.29 is 0 Å². The molecule has 0 aliphatic carbocycles. The summed E-state index contributed by atoms with van der Waals surface area (Å²) in [5, 5.41) is 7.97. The Kier molecular flexibility index (Phi) is 6.21. The SMILES string of the molecule is CCCCCCN=NNc1ccccc1. The summed E-state index contributed by atoms with van der Waals surface area (Å²) < 4.78 is 0. The van der Waals surface area contributed by atoms with Gasteiger partial charge < -0.3 is 0 Å². The van der Waals surface area contributed by atoms with E-state index in [1.807, 2.05) is 30.3 Å². The third-order valence-corrected chi connectivity index (χ3v) is 2.14. The van der Waals surface area contributed by atoms with Gasteiger partial charge in [0.2, 0.25) is 0 Å². The topological polar surface area (TPSA) is 36.8 Å². The predicted octanol–water partition coefficient (Wildman–Crippen LogP) is 4.05. The number of rotatable bonds is 7. The monoisotopic (exact) mass is 205 g/mol. The Balaban J connectivity index is 2.07. The molecule has 0 aliphatic rings. The molecule has 0 amide bonds. The average molecular weight is 205 g/mol. The van der Waals surface area contributed by atoms with Crippen LogP contribution < -0.4 is 5.43 Å². The minimum absolute atomic E-state index is 0.819. The van der Waals surface area contributed by atoms with E-state index in [2.05, 4.69) is 22.7 Å². The van der Waals surface area contributed by atoms with E-state index in [9.17, 15) is 0 Å². The summed E-state index contributed by atoms with van der Waals surface area (Å²) in [6.07, 6.45) is 4.94. The van der Waals surface area contributed by atoms with Gasteiger partial charge in [-0.05, 0) is 18.6 Å². The first-order chi connectivity index (χ1) is 7.43. The molecule has 1 rings (SSSR count). The van der Waals surface area contributed by atoms with Crippen molar-refractivity contribution in [2.45, 2.75) is 32.6 Å². The van der Waals surface area contributed by atoms with E-state index >= 15 is 0 Å². The Bertz CT molecular complexity index is 269. The van der Waals surface area contributed by atoms with Gasteiger partial charge in [-0.15, -0.1) is 0 Å². The minimum atomic E-state index is 0.819. The van der Waals surface area contributed by atoms with Crippen LogP contribution in [0.25, 0.3) is 0 Å². The Morgan fingerprint density at radius 1 is 1.07 bits per heavy atom. The molecule has 0 atom stereocenters. The van der Waals surface area contributed by atoms with Crippen molar-refractivity contribution >= 4 is 5.69 Å². The fourth-order valence-electron chi connectivity index (χ4n) is 1.27. The average Bonchev–Trinajstić information content (AvgIpc) is 2.29. The van der Waals surface area contributed by atoms with Gasteiger partial charge in [-0.3, -0.25) is 5.43 Å². The maximum absolute atomic E-state index is 4.05. The van der Waals surface area contributed by atoms with Crippen LogP contribution in [0.5, 0.6) is 0 Å². The number of unbranched alkanes of at least 4 members (excludes halogenated alkanes) is 3. The molecule has 1 aromatic carbocycles. The van der Waals surface area contributed by atoms with Gasteiger partial charge in [0.15, 0.2) is 0 Å². The maximum Gasteiger partial charge on any atom is 0.0620 e. The Labute approximate surface area is 91.6 Å². The zero-order valence-corrected chi connectivity index (χ0v) is 9.32. The van der Waals surface area contributed by atoms with Crippen molar-refractivity contribution in [2.75, 3.05) is 12.0 Å². The molecule has 0 saturated heterocycles. The van der Waals surface area contributed by atoms with Gasteiger partial charge in [0.1, 0.15) is 0 Å². The van der Waals surface area contributed by atoms with E-state index in [-0.39, 0.29) is 0 Å². The van der Waals surface area contributed by atoms with Crippen molar-refractivity contribution in [1.29, 1.82) is 0 Å². The summed E-state index contributed by atoms with van der Waals surface area (Å²) in [6.45, 7) is 3.03. The lowest BCUT2D eigenvalue weighted by Crippen LogP contribution is -1.87. The quantitative estimate of drug-likeness (QED) is 0.407. The summed E-state index contributed by atoms with van der Waals surface area (Å²) >= 11 is 0. The molecule has 82 valence electrons. The lowest BCUT2D eigenvalue weighted by molar-refractivity contribution is 0.664. The van der Waals surface area contributed by atoms with Crippen molar-refractivity contribution in [2.24, 2.45) is 10.3 Å². The molecule has 3 heteroatoms. The molecule has 1 aromatic rings. The van der Waals surface area contributed by atoms with Crippen LogP contribution in [-0.4, -0.2) is 6.54 Å². The van der Waals surface area contributed by atoms with E-state index in [1.54, 1.807) is 0 Å². The molecule has 0 radical (unpaired) electrons. The fraction of sp³-hybridized carbons (Fsp3) is 0.500. The van der Waals surface area contributed by atoms with Crippen LogP contribution in [0.3, 0.4) is 0 Å². The van der Waals surface area contributed by atoms with Crippen LogP contribution >= 0.6 is 0 Å². The highest BCUT2D eigenvalue weighted by Crippen LogP contribution is 2.04. The summed E-state index contributed by atoms with van der Waals surface area (Å²) in [4.78, 5) is 0. The molecule has 15 heavy (non-hydrogen) atoms. The van der Waals surface area contributed by atoms with Crippen LogP contribution in [0, 0.1) is 0 Å². The Morgan fingerprint density at radius 3 is 2.60 bits per heavy atom. The second kappa shape index (κ2) is 7.97. The van der Waals surface area contributed by atoms with Gasteiger partial charge in [-0.1, -0.05) is 49.6 Å². The zero-order valence-electron chi connectivity index (χ0n) is 9.32. The van der Waals surface area contributed by atoms with E-state index in [4.69, 9.17) is 0 Å². The number of benzene rings is 1. The number of para-hydroxylation sites is 1. The van der Waals surface area contributed by atoms with Gasteiger partial charge in [0.05, 0.1) is 12.2 Å². The second-order valence-corrected chi connectivity index (χ2v) is 3.50. The van der Waals surface area contributed by atoms with Crippen LogP contribution in [0.15, 0.2) is 40.7 Å². The molecule has 0 bridgehead atoms. The molecule has 1 N–H and O–H groups in total. The van der Waals surface area contributed by atoms with Crippen LogP contribution in [-0.2, 0) is 0 Å². The van der Waals surface area contributed by atoms with E-state index in [1.165, 1.54) is 19.3 Å². The Morgan fingerprint density at radius 2 is 1.87 bits per heavy atom. The molecule has 0 saturated carbocycles. The summed E-state index contributed by atoms with van der Waals surface area (Å²) in [7, 11) is 0. The first kappa shape index (κ1) is 11.7. The number of nitrogens with one attached hydrogen (secondary N) is 1. The molecular weight excluding hydrogens is 186 g/mol. The number of hydrogen-bond acceptors (Lipinski definition) is 2. The molecule has 0 spiro atoms. The van der Waals surface area contributed by atoms with E-state index < -0.39 is 0 Å². The van der Waals surface area contributed by atoms with E-state index in [0.717, 1.165) is 18.7 Å². The summed E-state index contributed by atoms with van der Waals surface area (Å²) in [6, 6.07) is 9.86. The molecule has 0 heterocycles. The highest BCUT2D eigenvalue weighted by atomic mass is 15.4. The van der Waals surface area contributed by atoms with Crippen molar-refractivity contribution in [3.05, 3.63) is 30.3 Å². The summed E-state index contributed by atoms with van der Waals surface area (Å²) in [5.74, 6) is 0. The number of nitrogens with zero attached hydrogens (tertiary/aromatic N) is 2. The van der Waals surface area contributed by atoms with Crippen LogP contribution in [0.2, 0.25) is 0 Å². The molecule has 0 unspecified atom stereocenters. The highest BCUT2D eigenvalue weighted by molar-refractivity contribution is 5.41. The maximum atomic E-state index is 4.05. The summed E-state index contributed by atoms with van der Waals surface area (Å²) in [5.41, 5.74) is 3.88. The lowest BCUT2D eigenvalue weighted by Gasteiger charge is -1.97. The minimum Gasteiger partial charge on any atom is -0.260 e. The zero-order chi connectivity index (χ0) is 10.8. The Hall–Kier alpha value is -1.38. The van der Waals surface area contributed by atoms with Crippen molar-refractivity contribution in [1.82, 2.24) is 0 Å². The van der Waals surface area contributed by atoms with Crippen LogP contribution in [0.1, 0.15) is 32.6 Å². The van der Waals surface area contributed by atoms with Gasteiger partial charge >= 0.3 is 0 Å².